The lowest BCUT2D eigenvalue weighted by Crippen LogP contribution is -2.56. The van der Waals surface area contributed by atoms with E-state index < -0.39 is 4.75 Å². The van der Waals surface area contributed by atoms with Crippen LogP contribution >= 0.6 is 11.8 Å². The zero-order valence-corrected chi connectivity index (χ0v) is 15.8. The zero-order valence-electron chi connectivity index (χ0n) is 15.0. The van der Waals surface area contributed by atoms with Crippen molar-refractivity contribution in [3.8, 4) is 0 Å². The highest BCUT2D eigenvalue weighted by atomic mass is 32.2. The van der Waals surface area contributed by atoms with Gasteiger partial charge in [-0.25, -0.2) is 4.39 Å². The Balaban J connectivity index is 1.90. The van der Waals surface area contributed by atoms with Crippen LogP contribution in [0.1, 0.15) is 19.4 Å². The maximum atomic E-state index is 13.9. The topological polar surface area (TPSA) is 40.6 Å². The molecule has 2 amide bonds. The van der Waals surface area contributed by atoms with Gasteiger partial charge in [-0.15, -0.1) is 0 Å². The molecule has 0 spiro atoms. The molecule has 0 aromatic heterocycles. The summed E-state index contributed by atoms with van der Waals surface area (Å²) in [5.74, 6) is -0.932. The number of nitrogens with zero attached hydrogens (tertiary/aromatic N) is 2. The van der Waals surface area contributed by atoms with Crippen LogP contribution in [0.3, 0.4) is 0 Å². The second-order valence-corrected chi connectivity index (χ2v) is 7.87. The lowest BCUT2D eigenvalue weighted by Gasteiger charge is -2.40. The van der Waals surface area contributed by atoms with Crippen molar-refractivity contribution in [1.29, 1.82) is 0 Å². The van der Waals surface area contributed by atoms with Gasteiger partial charge in [-0.2, -0.15) is 0 Å². The van der Waals surface area contributed by atoms with Crippen molar-refractivity contribution >= 4 is 29.3 Å². The Morgan fingerprint density at radius 3 is 2.54 bits per heavy atom. The van der Waals surface area contributed by atoms with Gasteiger partial charge in [0.1, 0.15) is 5.82 Å². The maximum Gasteiger partial charge on any atom is 0.252 e. The smallest absolute Gasteiger partial charge is 0.252 e. The number of carbonyl (C=O) groups excluding carboxylic acids is 2. The van der Waals surface area contributed by atoms with E-state index in [0.717, 1.165) is 10.6 Å². The van der Waals surface area contributed by atoms with Gasteiger partial charge in [0.2, 0.25) is 5.91 Å². The fourth-order valence-electron chi connectivity index (χ4n) is 3.16. The molecule has 2 aromatic rings. The predicted molar refractivity (Wildman–Crippen MR) is 102 cm³/mol. The van der Waals surface area contributed by atoms with E-state index in [9.17, 15) is 14.0 Å². The maximum absolute atomic E-state index is 13.9. The van der Waals surface area contributed by atoms with Gasteiger partial charge < -0.3 is 9.80 Å². The minimum atomic E-state index is -1.27. The largest absolute Gasteiger partial charge is 0.340 e. The zero-order chi connectivity index (χ0) is 18.9. The van der Waals surface area contributed by atoms with Crippen LogP contribution in [0.5, 0.6) is 0 Å². The summed E-state index contributed by atoms with van der Waals surface area (Å²) < 4.78 is 12.6. The molecular formula is C20H21FN2O2S. The summed E-state index contributed by atoms with van der Waals surface area (Å²) in [5.41, 5.74) is 1.25. The highest BCUT2D eigenvalue weighted by Crippen LogP contribution is 2.46. The molecule has 4 nitrogen and oxygen atoms in total. The monoisotopic (exact) mass is 372 g/mol. The molecule has 1 atom stereocenters. The lowest BCUT2D eigenvalue weighted by atomic mass is 10.1. The average Bonchev–Trinajstić information content (AvgIpc) is 2.64. The molecule has 0 N–H and O–H groups in total. The summed E-state index contributed by atoms with van der Waals surface area (Å²) in [7, 11) is 1.60. The number of halogens is 1. The van der Waals surface area contributed by atoms with Crippen LogP contribution in [0, 0.1) is 5.82 Å². The molecule has 1 aliphatic rings. The minimum absolute atomic E-state index is 0.114. The number of rotatable bonds is 4. The van der Waals surface area contributed by atoms with Gasteiger partial charge in [-0.3, -0.25) is 9.59 Å². The molecule has 26 heavy (non-hydrogen) atoms. The molecular weight excluding hydrogens is 351 g/mol. The van der Waals surface area contributed by atoms with Crippen LogP contribution in [-0.2, 0) is 16.1 Å². The van der Waals surface area contributed by atoms with Crippen LogP contribution in [-0.4, -0.2) is 35.1 Å². The standard InChI is InChI=1S/C20H21FN2O2S/c1-4-23-16-11-7-8-12-17(16)26-20(2,19(23)25)18(24)22(3)13-14-9-5-6-10-15(14)21/h5-12H,4,13H2,1-3H3. The number of anilines is 1. The second kappa shape index (κ2) is 7.11. The first-order valence-corrected chi connectivity index (χ1v) is 9.29. The average molecular weight is 372 g/mol. The van der Waals surface area contributed by atoms with Gasteiger partial charge in [-0.05, 0) is 32.0 Å². The van der Waals surface area contributed by atoms with E-state index in [0.29, 0.717) is 12.1 Å². The van der Waals surface area contributed by atoms with Crippen molar-refractivity contribution in [2.75, 3.05) is 18.5 Å². The van der Waals surface area contributed by atoms with E-state index in [1.54, 1.807) is 37.1 Å². The lowest BCUT2D eigenvalue weighted by molar-refractivity contribution is -0.137. The molecule has 0 saturated heterocycles. The molecule has 1 unspecified atom stereocenters. The molecule has 2 aromatic carbocycles. The van der Waals surface area contributed by atoms with Crippen molar-refractivity contribution in [3.63, 3.8) is 0 Å². The number of carbonyl (C=O) groups is 2. The molecule has 0 radical (unpaired) electrons. The van der Waals surface area contributed by atoms with Gasteiger partial charge in [0.05, 0.1) is 5.69 Å². The molecule has 0 aliphatic carbocycles. The summed E-state index contributed by atoms with van der Waals surface area (Å²) in [5, 5.41) is 0. The number of benzene rings is 2. The van der Waals surface area contributed by atoms with Crippen LogP contribution in [0.25, 0.3) is 0 Å². The Kier molecular flexibility index (Phi) is 5.05. The van der Waals surface area contributed by atoms with Crippen LogP contribution in [0.4, 0.5) is 10.1 Å². The van der Waals surface area contributed by atoms with Gasteiger partial charge in [0.25, 0.3) is 5.91 Å². The van der Waals surface area contributed by atoms with Gasteiger partial charge in [0.15, 0.2) is 4.75 Å². The molecule has 6 heteroatoms. The van der Waals surface area contributed by atoms with Crippen molar-refractivity contribution in [1.82, 2.24) is 4.90 Å². The normalized spacial score (nSPS) is 19.2. The Bertz CT molecular complexity index is 857. The van der Waals surface area contributed by atoms with E-state index in [1.807, 2.05) is 31.2 Å². The first-order chi connectivity index (χ1) is 12.4. The Morgan fingerprint density at radius 2 is 1.85 bits per heavy atom. The Labute approximate surface area is 157 Å². The molecule has 3 rings (SSSR count). The second-order valence-electron chi connectivity index (χ2n) is 6.41. The van der Waals surface area contributed by atoms with E-state index in [-0.39, 0.29) is 24.2 Å². The van der Waals surface area contributed by atoms with Gasteiger partial charge in [0, 0.05) is 30.6 Å². The summed E-state index contributed by atoms with van der Waals surface area (Å²) in [6.07, 6.45) is 0. The van der Waals surface area contributed by atoms with E-state index >= 15 is 0 Å². The third kappa shape index (κ3) is 3.09. The third-order valence-corrected chi connectivity index (χ3v) is 5.88. The number of thioether (sulfide) groups is 1. The number of hydrogen-bond acceptors (Lipinski definition) is 3. The Hall–Kier alpha value is -2.34. The van der Waals surface area contributed by atoms with Crippen LogP contribution in [0.15, 0.2) is 53.4 Å². The fraction of sp³-hybridized carbons (Fsp3) is 0.300. The molecule has 1 aliphatic heterocycles. The summed E-state index contributed by atoms with van der Waals surface area (Å²) in [6.45, 7) is 4.14. The Morgan fingerprint density at radius 1 is 1.19 bits per heavy atom. The first kappa shape index (κ1) is 18.5. The van der Waals surface area contributed by atoms with Crippen LogP contribution < -0.4 is 4.90 Å². The highest BCUT2D eigenvalue weighted by Gasteiger charge is 2.50. The highest BCUT2D eigenvalue weighted by molar-refractivity contribution is 8.02. The summed E-state index contributed by atoms with van der Waals surface area (Å²) in [6, 6.07) is 13.9. The number of hydrogen-bond donors (Lipinski definition) is 0. The van der Waals surface area contributed by atoms with Crippen molar-refractivity contribution in [3.05, 3.63) is 59.9 Å². The molecule has 136 valence electrons. The molecule has 0 fully saturated rings. The number of amides is 2. The van der Waals surface area contributed by atoms with Crippen molar-refractivity contribution in [2.24, 2.45) is 0 Å². The molecule has 0 bridgehead atoms. The molecule has 0 saturated carbocycles. The number of fused-ring (bicyclic) bond motifs is 1. The summed E-state index contributed by atoms with van der Waals surface area (Å²) >= 11 is 1.26. The van der Waals surface area contributed by atoms with Crippen LogP contribution in [0.2, 0.25) is 0 Å². The minimum Gasteiger partial charge on any atom is -0.340 e. The van der Waals surface area contributed by atoms with Crippen molar-refractivity contribution < 1.29 is 14.0 Å². The number of para-hydroxylation sites is 1. The predicted octanol–water partition coefficient (Wildman–Crippen LogP) is 3.70. The van der Waals surface area contributed by atoms with E-state index in [2.05, 4.69) is 0 Å². The summed E-state index contributed by atoms with van der Waals surface area (Å²) in [4.78, 5) is 30.2. The fourth-order valence-corrected chi connectivity index (χ4v) is 4.47. The SMILES string of the molecule is CCN1C(=O)C(C)(C(=O)N(C)Cc2ccccc2F)Sc2ccccc21. The van der Waals surface area contributed by atoms with E-state index in [4.69, 9.17) is 0 Å². The van der Waals surface area contributed by atoms with Gasteiger partial charge in [-0.1, -0.05) is 42.1 Å². The third-order valence-electron chi connectivity index (χ3n) is 4.56. The van der Waals surface area contributed by atoms with E-state index in [1.165, 1.54) is 22.7 Å². The van der Waals surface area contributed by atoms with Gasteiger partial charge >= 0.3 is 0 Å². The van der Waals surface area contributed by atoms with Crippen molar-refractivity contribution in [2.45, 2.75) is 30.0 Å². The first-order valence-electron chi connectivity index (χ1n) is 8.47. The molecule has 1 heterocycles. The quantitative estimate of drug-likeness (QED) is 0.769.